The fourth-order valence-electron chi connectivity index (χ4n) is 3.46. The molecule has 2 N–H and O–H groups in total. The van der Waals surface area contributed by atoms with Crippen molar-refractivity contribution in [2.24, 2.45) is 0 Å². The van der Waals surface area contributed by atoms with E-state index >= 15 is 0 Å². The molecule has 1 aliphatic rings. The lowest BCUT2D eigenvalue weighted by molar-refractivity contribution is 0.0992. The number of hydrogen-bond donors (Lipinski definition) is 2. The molecule has 0 aromatic heterocycles. The van der Waals surface area contributed by atoms with Gasteiger partial charge in [0.25, 0.3) is 5.91 Å². The summed E-state index contributed by atoms with van der Waals surface area (Å²) in [6.07, 6.45) is 1.04. The number of halogens is 2. The SMILES string of the molecule is N=C(c1ccc(C(=O)Cc2ccc(F)cc2C(=O)Nc2ccc(Cl)cc2)cc1)N1CCC1. The lowest BCUT2D eigenvalue weighted by Gasteiger charge is -2.33. The largest absolute Gasteiger partial charge is 0.356 e. The molecular formula is C25H21ClFN3O2. The van der Waals surface area contributed by atoms with Gasteiger partial charge in [-0.05, 0) is 48.4 Å². The molecule has 1 saturated heterocycles. The number of nitrogens with zero attached hydrogens (tertiary/aromatic N) is 1. The molecule has 1 fully saturated rings. The van der Waals surface area contributed by atoms with Gasteiger partial charge in [-0.1, -0.05) is 41.9 Å². The van der Waals surface area contributed by atoms with Crippen molar-refractivity contribution in [2.45, 2.75) is 12.8 Å². The van der Waals surface area contributed by atoms with Crippen molar-refractivity contribution < 1.29 is 14.0 Å². The van der Waals surface area contributed by atoms with Gasteiger partial charge in [0.2, 0.25) is 0 Å². The molecule has 0 atom stereocenters. The number of hydrogen-bond acceptors (Lipinski definition) is 3. The van der Waals surface area contributed by atoms with E-state index in [0.717, 1.165) is 31.1 Å². The molecule has 4 rings (SSSR count). The molecule has 0 spiro atoms. The zero-order valence-electron chi connectivity index (χ0n) is 17.2. The van der Waals surface area contributed by atoms with E-state index in [1.165, 1.54) is 12.1 Å². The standard InChI is InChI=1S/C25H21ClFN3O2/c26-19-7-10-21(11-8-19)29-25(32)22-15-20(27)9-6-18(22)14-23(31)16-2-4-17(5-3-16)24(28)30-12-1-13-30/h2-11,15,28H,1,12-14H2,(H,29,32). The molecule has 32 heavy (non-hydrogen) atoms. The van der Waals surface area contributed by atoms with Crippen molar-refractivity contribution in [3.63, 3.8) is 0 Å². The number of likely N-dealkylation sites (tertiary alicyclic amines) is 1. The quantitative estimate of drug-likeness (QED) is 0.309. The van der Waals surface area contributed by atoms with Crippen molar-refractivity contribution in [1.82, 2.24) is 4.90 Å². The number of nitrogens with one attached hydrogen (secondary N) is 2. The second-order valence-corrected chi connectivity index (χ2v) is 8.07. The smallest absolute Gasteiger partial charge is 0.256 e. The number of amides is 1. The second kappa shape index (κ2) is 9.32. The molecule has 1 heterocycles. The topological polar surface area (TPSA) is 73.3 Å². The van der Waals surface area contributed by atoms with Crippen LogP contribution in [0.15, 0.2) is 66.7 Å². The molecular weight excluding hydrogens is 429 g/mol. The molecule has 0 bridgehead atoms. The highest BCUT2D eigenvalue weighted by molar-refractivity contribution is 6.30. The highest BCUT2D eigenvalue weighted by atomic mass is 35.5. The van der Waals surface area contributed by atoms with Crippen LogP contribution < -0.4 is 5.32 Å². The van der Waals surface area contributed by atoms with Gasteiger partial charge in [-0.2, -0.15) is 0 Å². The molecule has 0 saturated carbocycles. The number of ketones is 1. The minimum Gasteiger partial charge on any atom is -0.356 e. The van der Waals surface area contributed by atoms with E-state index in [9.17, 15) is 14.0 Å². The minimum absolute atomic E-state index is 0.0490. The summed E-state index contributed by atoms with van der Waals surface area (Å²) in [6, 6.07) is 17.3. The monoisotopic (exact) mass is 449 g/mol. The van der Waals surface area contributed by atoms with Gasteiger partial charge in [0, 0.05) is 46.9 Å². The third-order valence-electron chi connectivity index (χ3n) is 5.42. The third kappa shape index (κ3) is 4.86. The first-order valence-corrected chi connectivity index (χ1v) is 10.6. The Kier molecular flexibility index (Phi) is 6.32. The summed E-state index contributed by atoms with van der Waals surface area (Å²) >= 11 is 5.87. The molecule has 0 unspecified atom stereocenters. The maximum atomic E-state index is 13.9. The van der Waals surface area contributed by atoms with Gasteiger partial charge in [-0.15, -0.1) is 0 Å². The Hall–Kier alpha value is -3.51. The maximum Gasteiger partial charge on any atom is 0.256 e. The van der Waals surface area contributed by atoms with Gasteiger partial charge in [0.15, 0.2) is 5.78 Å². The number of amidine groups is 1. The van der Waals surface area contributed by atoms with Crippen LogP contribution in [0.2, 0.25) is 5.02 Å². The summed E-state index contributed by atoms with van der Waals surface area (Å²) in [6.45, 7) is 1.76. The van der Waals surface area contributed by atoms with E-state index in [-0.39, 0.29) is 17.8 Å². The van der Waals surface area contributed by atoms with E-state index in [1.54, 1.807) is 48.5 Å². The molecule has 0 radical (unpaired) electrons. The van der Waals surface area contributed by atoms with Gasteiger partial charge in [-0.25, -0.2) is 4.39 Å². The van der Waals surface area contributed by atoms with Crippen LogP contribution in [0.5, 0.6) is 0 Å². The summed E-state index contributed by atoms with van der Waals surface area (Å²) in [7, 11) is 0. The number of carbonyl (C=O) groups is 2. The van der Waals surface area contributed by atoms with Crippen LogP contribution in [0.3, 0.4) is 0 Å². The zero-order chi connectivity index (χ0) is 22.7. The van der Waals surface area contributed by atoms with Crippen LogP contribution in [0, 0.1) is 11.2 Å². The van der Waals surface area contributed by atoms with Gasteiger partial charge in [0.05, 0.1) is 0 Å². The predicted molar refractivity (Wildman–Crippen MR) is 123 cm³/mol. The minimum atomic E-state index is -0.559. The molecule has 7 heteroatoms. The summed E-state index contributed by atoms with van der Waals surface area (Å²) in [5.74, 6) is -0.807. The van der Waals surface area contributed by atoms with Crippen LogP contribution >= 0.6 is 11.6 Å². The molecule has 1 amide bonds. The van der Waals surface area contributed by atoms with Crippen molar-refractivity contribution in [3.05, 3.63) is 99.8 Å². The van der Waals surface area contributed by atoms with E-state index in [0.29, 0.717) is 27.7 Å². The fourth-order valence-corrected chi connectivity index (χ4v) is 3.58. The molecule has 3 aromatic carbocycles. The number of anilines is 1. The fraction of sp³-hybridized carbons (Fsp3) is 0.160. The van der Waals surface area contributed by atoms with E-state index in [4.69, 9.17) is 17.0 Å². The Balaban J connectivity index is 1.49. The number of Topliss-reactive ketones (excluding diaryl/α,β-unsaturated/α-hetero) is 1. The molecule has 3 aromatic rings. The van der Waals surface area contributed by atoms with Crippen LogP contribution in [-0.4, -0.2) is 35.5 Å². The summed E-state index contributed by atoms with van der Waals surface area (Å²) in [5, 5.41) is 11.4. The maximum absolute atomic E-state index is 13.9. The van der Waals surface area contributed by atoms with Crippen LogP contribution in [0.1, 0.15) is 38.3 Å². The lowest BCUT2D eigenvalue weighted by atomic mass is 9.97. The lowest BCUT2D eigenvalue weighted by Crippen LogP contribution is -2.42. The van der Waals surface area contributed by atoms with E-state index < -0.39 is 11.7 Å². The number of rotatable bonds is 6. The Morgan fingerprint density at radius 1 is 0.969 bits per heavy atom. The number of benzene rings is 3. The Morgan fingerprint density at radius 2 is 1.62 bits per heavy atom. The average molecular weight is 450 g/mol. The first kappa shape index (κ1) is 21.7. The Bertz CT molecular complexity index is 1170. The average Bonchev–Trinajstić information content (AvgIpc) is 2.75. The van der Waals surface area contributed by atoms with Crippen molar-refractivity contribution >= 4 is 34.8 Å². The summed E-state index contributed by atoms with van der Waals surface area (Å²) in [5.41, 5.74) is 2.27. The first-order chi connectivity index (χ1) is 15.4. The van der Waals surface area contributed by atoms with Crippen LogP contribution in [-0.2, 0) is 6.42 Å². The van der Waals surface area contributed by atoms with Gasteiger partial charge >= 0.3 is 0 Å². The molecule has 162 valence electrons. The third-order valence-corrected chi connectivity index (χ3v) is 5.67. The van der Waals surface area contributed by atoms with E-state index in [1.807, 2.05) is 4.90 Å². The van der Waals surface area contributed by atoms with E-state index in [2.05, 4.69) is 5.32 Å². The molecule has 1 aliphatic heterocycles. The zero-order valence-corrected chi connectivity index (χ0v) is 18.0. The highest BCUT2D eigenvalue weighted by Gasteiger charge is 2.20. The Morgan fingerprint density at radius 3 is 2.25 bits per heavy atom. The van der Waals surface area contributed by atoms with Gasteiger partial charge < -0.3 is 10.2 Å². The molecule has 5 nitrogen and oxygen atoms in total. The first-order valence-electron chi connectivity index (χ1n) is 10.2. The van der Waals surface area contributed by atoms with Crippen LogP contribution in [0.25, 0.3) is 0 Å². The Labute approximate surface area is 190 Å². The molecule has 0 aliphatic carbocycles. The second-order valence-electron chi connectivity index (χ2n) is 7.63. The normalized spacial score (nSPS) is 12.8. The van der Waals surface area contributed by atoms with Crippen molar-refractivity contribution in [1.29, 1.82) is 5.41 Å². The summed E-state index contributed by atoms with van der Waals surface area (Å²) < 4.78 is 13.9. The van der Waals surface area contributed by atoms with Crippen molar-refractivity contribution in [2.75, 3.05) is 18.4 Å². The number of carbonyl (C=O) groups excluding carboxylic acids is 2. The van der Waals surface area contributed by atoms with Crippen LogP contribution in [0.4, 0.5) is 10.1 Å². The summed E-state index contributed by atoms with van der Waals surface area (Å²) in [4.78, 5) is 27.6. The van der Waals surface area contributed by atoms with Gasteiger partial charge in [-0.3, -0.25) is 15.0 Å². The van der Waals surface area contributed by atoms with Gasteiger partial charge in [0.1, 0.15) is 11.7 Å². The highest BCUT2D eigenvalue weighted by Crippen LogP contribution is 2.19. The van der Waals surface area contributed by atoms with Crippen molar-refractivity contribution in [3.8, 4) is 0 Å². The predicted octanol–water partition coefficient (Wildman–Crippen LogP) is 5.19.